The van der Waals surface area contributed by atoms with Gasteiger partial charge in [0.2, 0.25) is 6.10 Å². The third-order valence-electron chi connectivity index (χ3n) is 5.07. The highest BCUT2D eigenvalue weighted by Gasteiger charge is 2.37. The van der Waals surface area contributed by atoms with Gasteiger partial charge in [-0.15, -0.1) is 0 Å². The molecule has 10 heteroatoms. The summed E-state index contributed by atoms with van der Waals surface area (Å²) in [5.41, 5.74) is 0.0615. The zero-order chi connectivity index (χ0) is 23.0. The van der Waals surface area contributed by atoms with Crippen LogP contribution in [-0.2, 0) is 9.53 Å². The van der Waals surface area contributed by atoms with Crippen LogP contribution in [0.25, 0.3) is 0 Å². The first kappa shape index (κ1) is 22.8. The molecule has 0 spiro atoms. The first-order valence-electron chi connectivity index (χ1n) is 10.1. The van der Waals surface area contributed by atoms with Crippen molar-refractivity contribution in [2.24, 2.45) is 0 Å². The summed E-state index contributed by atoms with van der Waals surface area (Å²) in [5.74, 6) is -3.30. The Hall–Kier alpha value is -2.91. The van der Waals surface area contributed by atoms with E-state index in [9.17, 15) is 23.2 Å². The molecule has 0 unspecified atom stereocenters. The minimum Gasteiger partial charge on any atom is -0.487 e. The molecule has 1 aromatic rings. The van der Waals surface area contributed by atoms with Crippen LogP contribution in [0, 0.1) is 0 Å². The number of alkyl carbamates (subject to hydrolysis) is 1. The van der Waals surface area contributed by atoms with E-state index in [1.54, 1.807) is 26.8 Å². The highest BCUT2D eigenvalue weighted by molar-refractivity contribution is 6.01. The Balaban J connectivity index is 1.74. The van der Waals surface area contributed by atoms with Gasteiger partial charge in [0, 0.05) is 44.1 Å². The molecular formula is C21H27F2N3O5. The van der Waals surface area contributed by atoms with Crippen LogP contribution >= 0.6 is 0 Å². The van der Waals surface area contributed by atoms with Gasteiger partial charge in [-0.3, -0.25) is 9.59 Å². The number of nitrogens with one attached hydrogen (secondary N) is 1. The van der Waals surface area contributed by atoms with Crippen LogP contribution in [0.2, 0.25) is 0 Å². The van der Waals surface area contributed by atoms with Gasteiger partial charge in [-0.1, -0.05) is 0 Å². The Bertz CT molecular complexity index is 874. The summed E-state index contributed by atoms with van der Waals surface area (Å²) in [4.78, 5) is 40.3. The average Bonchev–Trinajstić information content (AvgIpc) is 2.78. The summed E-state index contributed by atoms with van der Waals surface area (Å²) in [6.45, 7) is 5.10. The second-order valence-corrected chi connectivity index (χ2v) is 8.81. The molecule has 1 aromatic carbocycles. The predicted octanol–water partition coefficient (Wildman–Crippen LogP) is 2.81. The van der Waals surface area contributed by atoms with Crippen LogP contribution in [0.3, 0.4) is 0 Å². The molecule has 170 valence electrons. The van der Waals surface area contributed by atoms with Crippen molar-refractivity contribution in [3.63, 3.8) is 0 Å². The topological polar surface area (TPSA) is 88.2 Å². The Morgan fingerprint density at radius 1 is 1.23 bits per heavy atom. The van der Waals surface area contributed by atoms with Crippen molar-refractivity contribution >= 4 is 23.6 Å². The van der Waals surface area contributed by atoms with Crippen molar-refractivity contribution < 1.29 is 32.6 Å². The monoisotopic (exact) mass is 439 g/mol. The second kappa shape index (κ2) is 8.32. The predicted molar refractivity (Wildman–Crippen MR) is 109 cm³/mol. The van der Waals surface area contributed by atoms with Gasteiger partial charge in [-0.2, -0.15) is 0 Å². The number of fused-ring (bicyclic) bond motifs is 1. The van der Waals surface area contributed by atoms with E-state index in [1.807, 2.05) is 0 Å². The van der Waals surface area contributed by atoms with E-state index in [2.05, 4.69) is 5.32 Å². The number of likely N-dealkylation sites (N-methyl/N-ethyl adjacent to an activating group) is 1. The molecule has 1 saturated heterocycles. The van der Waals surface area contributed by atoms with Crippen LogP contribution in [0.1, 0.15) is 44.0 Å². The fourth-order valence-electron chi connectivity index (χ4n) is 3.37. The molecule has 0 bridgehead atoms. The second-order valence-electron chi connectivity index (χ2n) is 8.81. The zero-order valence-corrected chi connectivity index (χ0v) is 18.0. The van der Waals surface area contributed by atoms with E-state index in [-0.39, 0.29) is 44.0 Å². The normalized spacial score (nSPS) is 21.0. The Morgan fingerprint density at radius 2 is 1.87 bits per heavy atom. The summed E-state index contributed by atoms with van der Waals surface area (Å²) in [6.07, 6.45) is -2.66. The van der Waals surface area contributed by atoms with Gasteiger partial charge in [0.05, 0.1) is 5.69 Å². The number of amides is 3. The first-order valence-corrected chi connectivity index (χ1v) is 10.1. The van der Waals surface area contributed by atoms with Crippen molar-refractivity contribution in [1.82, 2.24) is 10.2 Å². The zero-order valence-electron chi connectivity index (χ0n) is 18.0. The average molecular weight is 439 g/mol. The van der Waals surface area contributed by atoms with Crippen LogP contribution in [0.4, 0.5) is 19.3 Å². The van der Waals surface area contributed by atoms with E-state index >= 15 is 0 Å². The van der Waals surface area contributed by atoms with Crippen LogP contribution < -0.4 is 15.0 Å². The van der Waals surface area contributed by atoms with Crippen molar-refractivity contribution in [1.29, 1.82) is 0 Å². The number of ether oxygens (including phenoxy) is 2. The molecule has 0 saturated carbocycles. The van der Waals surface area contributed by atoms with E-state index < -0.39 is 29.6 Å². The molecule has 3 rings (SSSR count). The lowest BCUT2D eigenvalue weighted by Crippen LogP contribution is -2.47. The highest BCUT2D eigenvalue weighted by atomic mass is 19.3. The van der Waals surface area contributed by atoms with E-state index in [1.165, 1.54) is 29.0 Å². The van der Waals surface area contributed by atoms with Gasteiger partial charge in [-0.05, 0) is 39.0 Å². The van der Waals surface area contributed by atoms with Crippen LogP contribution in [-0.4, -0.2) is 67.1 Å². The quantitative estimate of drug-likeness (QED) is 0.766. The number of halogens is 2. The first-order chi connectivity index (χ1) is 14.4. The largest absolute Gasteiger partial charge is 0.487 e. The number of piperidine rings is 1. The Morgan fingerprint density at radius 3 is 2.48 bits per heavy atom. The maximum absolute atomic E-state index is 13.4. The molecule has 0 aromatic heterocycles. The number of rotatable bonds is 2. The number of benzene rings is 1. The van der Waals surface area contributed by atoms with Gasteiger partial charge in [0.25, 0.3) is 17.7 Å². The lowest BCUT2D eigenvalue weighted by molar-refractivity contribution is -0.127. The smallest absolute Gasteiger partial charge is 0.408 e. The maximum atomic E-state index is 13.4. The Labute approximate surface area is 179 Å². The Kier molecular flexibility index (Phi) is 6.11. The molecule has 2 aliphatic rings. The fraction of sp³-hybridized carbons (Fsp3) is 0.571. The number of carbonyl (C=O) groups excluding carboxylic acids is 3. The van der Waals surface area contributed by atoms with Crippen LogP contribution in [0.15, 0.2) is 18.2 Å². The summed E-state index contributed by atoms with van der Waals surface area (Å²) >= 11 is 0. The maximum Gasteiger partial charge on any atom is 0.408 e. The minimum atomic E-state index is -2.75. The SMILES string of the molecule is CN1C(=O)[C@@H](OC(=O)NC(C)(C)C)COc2ccc(C(=O)N3CCC(F)(F)CC3)cc21. The van der Waals surface area contributed by atoms with E-state index in [4.69, 9.17) is 9.47 Å². The summed E-state index contributed by atoms with van der Waals surface area (Å²) < 4.78 is 37.7. The summed E-state index contributed by atoms with van der Waals surface area (Å²) in [6, 6.07) is 4.56. The third-order valence-corrected chi connectivity index (χ3v) is 5.07. The van der Waals surface area contributed by atoms with Gasteiger partial charge in [0.15, 0.2) is 0 Å². The number of alkyl halides is 2. The van der Waals surface area contributed by atoms with E-state index in [0.29, 0.717) is 11.4 Å². The standard InChI is InChI=1S/C21H27F2N3O5/c1-20(2,3)24-19(29)31-16-12-30-15-6-5-13(11-14(15)25(4)18(16)28)17(27)26-9-7-21(22,23)8-10-26/h5-6,11,16H,7-10,12H2,1-4H3,(H,24,29)/t16-/m0/s1. The van der Waals surface area contributed by atoms with Gasteiger partial charge in [-0.25, -0.2) is 13.6 Å². The summed E-state index contributed by atoms with van der Waals surface area (Å²) in [5, 5.41) is 2.62. The lowest BCUT2D eigenvalue weighted by atomic mass is 10.0. The number of hydrogen-bond acceptors (Lipinski definition) is 5. The van der Waals surface area contributed by atoms with E-state index in [0.717, 1.165) is 0 Å². The lowest BCUT2D eigenvalue weighted by Gasteiger charge is -2.32. The number of carbonyl (C=O) groups is 3. The number of hydrogen-bond donors (Lipinski definition) is 1. The molecule has 8 nitrogen and oxygen atoms in total. The van der Waals surface area contributed by atoms with Crippen molar-refractivity contribution in [2.45, 2.75) is 51.2 Å². The molecule has 31 heavy (non-hydrogen) atoms. The third kappa shape index (κ3) is 5.42. The molecule has 1 N–H and O–H groups in total. The van der Waals surface area contributed by atoms with Gasteiger partial charge >= 0.3 is 6.09 Å². The van der Waals surface area contributed by atoms with Crippen molar-refractivity contribution in [3.05, 3.63) is 23.8 Å². The molecule has 1 fully saturated rings. The highest BCUT2D eigenvalue weighted by Crippen LogP contribution is 2.33. The summed E-state index contributed by atoms with van der Waals surface area (Å²) in [7, 11) is 1.49. The molecule has 2 heterocycles. The van der Waals surface area contributed by atoms with Crippen molar-refractivity contribution in [2.75, 3.05) is 31.6 Å². The molecule has 0 aliphatic carbocycles. The molecular weight excluding hydrogens is 412 g/mol. The molecule has 1 atom stereocenters. The molecule has 0 radical (unpaired) electrons. The van der Waals surface area contributed by atoms with Crippen molar-refractivity contribution in [3.8, 4) is 5.75 Å². The number of nitrogens with zero attached hydrogens (tertiary/aromatic N) is 2. The number of anilines is 1. The fourth-order valence-corrected chi connectivity index (χ4v) is 3.37. The van der Waals surface area contributed by atoms with Gasteiger partial charge in [0.1, 0.15) is 12.4 Å². The minimum absolute atomic E-state index is 0.0347. The molecule has 2 aliphatic heterocycles. The van der Waals surface area contributed by atoms with Crippen LogP contribution in [0.5, 0.6) is 5.75 Å². The molecule has 3 amide bonds. The van der Waals surface area contributed by atoms with Gasteiger partial charge < -0.3 is 24.6 Å². The number of likely N-dealkylation sites (tertiary alicyclic amines) is 1.